The predicted molar refractivity (Wildman–Crippen MR) is 106 cm³/mol. The first kappa shape index (κ1) is 18.4. The number of rotatable bonds is 6. The first-order valence-electron chi connectivity index (χ1n) is 10.1. The lowest BCUT2D eigenvalue weighted by atomic mass is 9.83. The van der Waals surface area contributed by atoms with E-state index in [1.165, 1.54) is 12.8 Å². The average molecular weight is 378 g/mol. The van der Waals surface area contributed by atoms with Crippen LogP contribution in [0.15, 0.2) is 35.7 Å². The van der Waals surface area contributed by atoms with Crippen LogP contribution in [0.1, 0.15) is 68.2 Å². The largest absolute Gasteiger partial charge is 0.490 e. The molecule has 1 aromatic carbocycles. The van der Waals surface area contributed by atoms with E-state index in [0.717, 1.165) is 54.7 Å². The summed E-state index contributed by atoms with van der Waals surface area (Å²) in [4.78, 5) is 0. The fourth-order valence-electron chi connectivity index (χ4n) is 4.15. The van der Waals surface area contributed by atoms with E-state index in [4.69, 9.17) is 15.2 Å². The average Bonchev–Trinajstić information content (AvgIpc) is 3.35. The molecule has 1 aliphatic heterocycles. The predicted octanol–water partition coefficient (Wildman–Crippen LogP) is 4.29. The Morgan fingerprint density at radius 3 is 2.93 bits per heavy atom. The van der Waals surface area contributed by atoms with Crippen molar-refractivity contribution in [1.82, 2.24) is 10.2 Å². The molecule has 2 heterocycles. The molecular formula is C22H26N4O2. The number of aryl methyl sites for hydroxylation is 1. The SMILES string of the molecule is CCCCc1[nH]nc2c1[C@H](c1cccc(OC3CCCC3)c1)C(C#N)=C(N)O2. The second kappa shape index (κ2) is 7.97. The summed E-state index contributed by atoms with van der Waals surface area (Å²) in [5, 5.41) is 17.2. The van der Waals surface area contributed by atoms with Crippen molar-refractivity contribution < 1.29 is 9.47 Å². The number of allylic oxidation sites excluding steroid dienone is 1. The van der Waals surface area contributed by atoms with Crippen LogP contribution in [0.5, 0.6) is 11.6 Å². The summed E-state index contributed by atoms with van der Waals surface area (Å²) < 4.78 is 11.8. The fourth-order valence-corrected chi connectivity index (χ4v) is 4.15. The van der Waals surface area contributed by atoms with Gasteiger partial charge < -0.3 is 15.2 Å². The van der Waals surface area contributed by atoms with Crippen molar-refractivity contribution in [3.8, 4) is 17.7 Å². The zero-order chi connectivity index (χ0) is 19.5. The fraction of sp³-hybridized carbons (Fsp3) is 0.455. The van der Waals surface area contributed by atoms with E-state index in [1.54, 1.807) is 0 Å². The Morgan fingerprint density at radius 1 is 1.36 bits per heavy atom. The van der Waals surface area contributed by atoms with E-state index in [0.29, 0.717) is 11.5 Å². The van der Waals surface area contributed by atoms with E-state index < -0.39 is 0 Å². The maximum absolute atomic E-state index is 9.79. The molecule has 28 heavy (non-hydrogen) atoms. The number of nitrogens with two attached hydrogens (primary N) is 1. The number of H-pyrrole nitrogens is 1. The number of nitrogens with one attached hydrogen (secondary N) is 1. The van der Waals surface area contributed by atoms with Gasteiger partial charge in [-0.1, -0.05) is 25.5 Å². The third-order valence-electron chi connectivity index (χ3n) is 5.59. The van der Waals surface area contributed by atoms with Crippen LogP contribution in [0.25, 0.3) is 0 Å². The van der Waals surface area contributed by atoms with Crippen LogP contribution in [0.2, 0.25) is 0 Å². The van der Waals surface area contributed by atoms with Crippen molar-refractivity contribution >= 4 is 0 Å². The van der Waals surface area contributed by atoms with Crippen LogP contribution < -0.4 is 15.2 Å². The third-order valence-corrected chi connectivity index (χ3v) is 5.59. The van der Waals surface area contributed by atoms with Crippen molar-refractivity contribution in [1.29, 1.82) is 5.26 Å². The maximum Gasteiger partial charge on any atom is 0.244 e. The zero-order valence-electron chi connectivity index (χ0n) is 16.2. The van der Waals surface area contributed by atoms with Crippen LogP contribution in [0.4, 0.5) is 0 Å². The second-order valence-corrected chi connectivity index (χ2v) is 7.55. The van der Waals surface area contributed by atoms with Gasteiger partial charge in [-0.2, -0.15) is 5.26 Å². The Balaban J connectivity index is 1.73. The highest BCUT2D eigenvalue weighted by atomic mass is 16.5. The molecule has 146 valence electrons. The van der Waals surface area contributed by atoms with Crippen LogP contribution in [0.3, 0.4) is 0 Å². The van der Waals surface area contributed by atoms with Gasteiger partial charge in [0, 0.05) is 11.3 Å². The summed E-state index contributed by atoms with van der Waals surface area (Å²) in [7, 11) is 0. The Labute approximate surface area is 165 Å². The van der Waals surface area contributed by atoms with Gasteiger partial charge in [0.05, 0.1) is 12.0 Å². The van der Waals surface area contributed by atoms with E-state index in [2.05, 4.69) is 23.2 Å². The maximum atomic E-state index is 9.79. The van der Waals surface area contributed by atoms with Gasteiger partial charge in [-0.05, 0) is 56.2 Å². The number of hydrogen-bond acceptors (Lipinski definition) is 5. The topological polar surface area (TPSA) is 97.0 Å². The van der Waals surface area contributed by atoms with Crippen LogP contribution in [0, 0.1) is 11.3 Å². The number of nitrogens with zero attached hydrogens (tertiary/aromatic N) is 2. The molecule has 4 rings (SSSR count). The number of fused-ring (bicyclic) bond motifs is 1. The van der Waals surface area contributed by atoms with Crippen LogP contribution in [-0.2, 0) is 6.42 Å². The summed E-state index contributed by atoms with van der Waals surface area (Å²) >= 11 is 0. The molecule has 3 N–H and O–H groups in total. The molecule has 0 saturated heterocycles. The smallest absolute Gasteiger partial charge is 0.244 e. The van der Waals surface area contributed by atoms with E-state index in [1.807, 2.05) is 24.3 Å². The summed E-state index contributed by atoms with van der Waals surface area (Å²) in [6.45, 7) is 2.15. The molecule has 6 nitrogen and oxygen atoms in total. The number of nitriles is 1. The van der Waals surface area contributed by atoms with Gasteiger partial charge in [0.1, 0.15) is 17.4 Å². The molecular weight excluding hydrogens is 352 g/mol. The monoisotopic (exact) mass is 378 g/mol. The van der Waals surface area contributed by atoms with Gasteiger partial charge in [0.15, 0.2) is 0 Å². The standard InChI is InChI=1S/C22H26N4O2/c1-2-3-11-18-20-19(17(13-23)21(24)28-22(20)26-25-18)14-7-6-10-16(12-14)27-15-8-4-5-9-15/h6-7,10,12,15,19H,2-5,8-9,11,24H2,1H3,(H,25,26)/t19-/m1/s1. The lowest BCUT2D eigenvalue weighted by molar-refractivity contribution is 0.210. The lowest BCUT2D eigenvalue weighted by Crippen LogP contribution is -2.21. The molecule has 1 fully saturated rings. The number of hydrogen-bond donors (Lipinski definition) is 2. The highest BCUT2D eigenvalue weighted by Gasteiger charge is 2.35. The van der Waals surface area contributed by atoms with Crippen LogP contribution in [-0.4, -0.2) is 16.3 Å². The Kier molecular flexibility index (Phi) is 5.25. The minimum Gasteiger partial charge on any atom is -0.490 e. The summed E-state index contributed by atoms with van der Waals surface area (Å²) in [6.07, 6.45) is 7.90. The molecule has 0 spiro atoms. The third kappa shape index (κ3) is 3.45. The second-order valence-electron chi connectivity index (χ2n) is 7.55. The van der Waals surface area contributed by atoms with Crippen molar-refractivity contribution in [2.45, 2.75) is 63.9 Å². The van der Waals surface area contributed by atoms with Crippen molar-refractivity contribution in [2.75, 3.05) is 0 Å². The quantitative estimate of drug-likeness (QED) is 0.781. The van der Waals surface area contributed by atoms with E-state index in [-0.39, 0.29) is 17.9 Å². The molecule has 6 heteroatoms. The number of ether oxygens (including phenoxy) is 2. The normalized spacial score (nSPS) is 19.2. The van der Waals surface area contributed by atoms with E-state index >= 15 is 0 Å². The van der Waals surface area contributed by atoms with Crippen molar-refractivity contribution in [2.24, 2.45) is 5.73 Å². The first-order valence-corrected chi connectivity index (χ1v) is 10.1. The number of aromatic amines is 1. The molecule has 0 amide bonds. The summed E-state index contributed by atoms with van der Waals surface area (Å²) in [5.41, 5.74) is 9.37. The highest BCUT2D eigenvalue weighted by Crippen LogP contribution is 2.43. The number of benzene rings is 1. The van der Waals surface area contributed by atoms with Gasteiger partial charge in [0.25, 0.3) is 0 Å². The van der Waals surface area contributed by atoms with Gasteiger partial charge in [-0.3, -0.25) is 5.10 Å². The molecule has 1 atom stereocenters. The summed E-state index contributed by atoms with van der Waals surface area (Å²) in [5.74, 6) is 1.13. The molecule has 1 aliphatic carbocycles. The lowest BCUT2D eigenvalue weighted by Gasteiger charge is -2.24. The number of unbranched alkanes of at least 4 members (excludes halogenated alkanes) is 1. The van der Waals surface area contributed by atoms with Gasteiger partial charge in [0.2, 0.25) is 11.8 Å². The highest BCUT2D eigenvalue weighted by molar-refractivity contribution is 5.56. The molecule has 2 aromatic rings. The Morgan fingerprint density at radius 2 is 2.18 bits per heavy atom. The molecule has 0 radical (unpaired) electrons. The van der Waals surface area contributed by atoms with Crippen molar-refractivity contribution in [3.63, 3.8) is 0 Å². The molecule has 1 aromatic heterocycles. The van der Waals surface area contributed by atoms with Crippen molar-refractivity contribution in [3.05, 3.63) is 52.5 Å². The minimum atomic E-state index is -0.300. The first-order chi connectivity index (χ1) is 13.7. The van der Waals surface area contributed by atoms with E-state index in [9.17, 15) is 5.26 Å². The van der Waals surface area contributed by atoms with Gasteiger partial charge in [-0.25, -0.2) is 0 Å². The number of aromatic nitrogens is 2. The summed E-state index contributed by atoms with van der Waals surface area (Å²) in [6, 6.07) is 10.3. The molecule has 0 unspecified atom stereocenters. The van der Waals surface area contributed by atoms with Crippen LogP contribution >= 0.6 is 0 Å². The molecule has 1 saturated carbocycles. The van der Waals surface area contributed by atoms with Gasteiger partial charge >= 0.3 is 0 Å². The molecule has 0 bridgehead atoms. The Bertz CT molecular complexity index is 919. The van der Waals surface area contributed by atoms with Gasteiger partial charge in [-0.15, -0.1) is 5.10 Å². The Hall–Kier alpha value is -2.94. The minimum absolute atomic E-state index is 0.121. The zero-order valence-corrected chi connectivity index (χ0v) is 16.2. The molecule has 2 aliphatic rings.